The van der Waals surface area contributed by atoms with E-state index >= 15 is 0 Å². The first-order valence-corrected chi connectivity index (χ1v) is 9.64. The Morgan fingerprint density at radius 1 is 1.00 bits per heavy atom. The average Bonchev–Trinajstić information content (AvgIpc) is 2.94. The normalized spacial score (nSPS) is 16.2. The van der Waals surface area contributed by atoms with Gasteiger partial charge in [0.05, 0.1) is 30.9 Å². The van der Waals surface area contributed by atoms with Crippen molar-refractivity contribution in [3.05, 3.63) is 72.6 Å². The molecule has 5 heteroatoms. The Morgan fingerprint density at radius 2 is 1.42 bits per heavy atom. The smallest absolute Gasteiger partial charge is 0.300 e. The largest absolute Gasteiger partial charge is 0.362 e. The first kappa shape index (κ1) is 16.7. The Hall–Kier alpha value is -2.16. The van der Waals surface area contributed by atoms with Gasteiger partial charge >= 0.3 is 7.79 Å². The Morgan fingerprint density at radius 3 is 1.79 bits per heavy atom. The van der Waals surface area contributed by atoms with Crippen molar-refractivity contribution in [3.8, 4) is 0 Å². The molecular weight excluding hydrogens is 319 g/mol. The molecule has 24 heavy (non-hydrogen) atoms. The molecule has 0 aliphatic carbocycles. The molecule has 1 saturated heterocycles. The fourth-order valence-corrected chi connectivity index (χ4v) is 6.14. The minimum absolute atomic E-state index is 0.0151. The van der Waals surface area contributed by atoms with Gasteiger partial charge in [-0.25, -0.2) is 0 Å². The number of ketones is 1. The van der Waals surface area contributed by atoms with Crippen molar-refractivity contribution in [1.82, 2.24) is 0 Å². The van der Waals surface area contributed by atoms with Crippen LogP contribution in [0.2, 0.25) is 0 Å². The number of carbonyl (C=O) groups is 1. The van der Waals surface area contributed by atoms with Crippen LogP contribution in [-0.4, -0.2) is 23.8 Å². The molecule has 0 unspecified atom stereocenters. The number of para-hydroxylation sites is 2. The predicted molar refractivity (Wildman–Crippen MR) is 101 cm³/mol. The van der Waals surface area contributed by atoms with E-state index in [1.54, 1.807) is 0 Å². The summed E-state index contributed by atoms with van der Waals surface area (Å²) in [6.45, 7) is 7.02. The van der Waals surface area contributed by atoms with Gasteiger partial charge in [-0.05, 0) is 31.2 Å². The van der Waals surface area contributed by atoms with Crippen LogP contribution in [0, 0.1) is 0 Å². The van der Waals surface area contributed by atoms with Crippen molar-refractivity contribution in [2.75, 3.05) is 22.4 Å². The maximum Gasteiger partial charge on any atom is 0.362 e. The molecular formula is C19H22N2O2P+. The highest BCUT2D eigenvalue weighted by Crippen LogP contribution is 2.72. The molecule has 2 aromatic rings. The van der Waals surface area contributed by atoms with Gasteiger partial charge in [0.15, 0.2) is 0 Å². The van der Waals surface area contributed by atoms with Crippen LogP contribution in [0.5, 0.6) is 0 Å². The van der Waals surface area contributed by atoms with Crippen molar-refractivity contribution >= 4 is 24.9 Å². The van der Waals surface area contributed by atoms with Crippen LogP contribution in [0.1, 0.15) is 13.3 Å². The van der Waals surface area contributed by atoms with Gasteiger partial charge in [-0.15, -0.1) is 0 Å². The lowest BCUT2D eigenvalue weighted by molar-refractivity contribution is -0.116. The highest BCUT2D eigenvalue weighted by atomic mass is 31.2. The van der Waals surface area contributed by atoms with Crippen molar-refractivity contribution in [2.45, 2.75) is 13.3 Å². The van der Waals surface area contributed by atoms with E-state index < -0.39 is 7.79 Å². The third-order valence-corrected chi connectivity index (χ3v) is 7.40. The summed E-state index contributed by atoms with van der Waals surface area (Å²) in [7, 11) is -2.88. The fraction of sp³-hybridized carbons (Fsp3) is 0.211. The number of hydrogen-bond donors (Lipinski definition) is 1. The zero-order chi connectivity index (χ0) is 17.2. The van der Waals surface area contributed by atoms with E-state index in [0.29, 0.717) is 18.4 Å². The van der Waals surface area contributed by atoms with Crippen LogP contribution < -0.4 is 9.34 Å². The van der Waals surface area contributed by atoms with Gasteiger partial charge in [0.2, 0.25) is 0 Å². The standard InChI is InChI=1S/C19H22N2O2P/c1-16(22)15-17(2)24(23)20(18-9-5-3-6-10-18)13-14-21(24)19-11-7-4-8-12-19/h3-12,23H,2,13-15H2,1H3/q+1. The van der Waals surface area contributed by atoms with Crippen molar-refractivity contribution < 1.29 is 9.69 Å². The molecule has 1 heterocycles. The number of carbonyl (C=O) groups excluding carboxylic acids is 1. The van der Waals surface area contributed by atoms with Crippen molar-refractivity contribution in [1.29, 1.82) is 0 Å². The summed E-state index contributed by atoms with van der Waals surface area (Å²) in [5.41, 5.74) is 1.91. The summed E-state index contributed by atoms with van der Waals surface area (Å²) in [5.74, 6) is 0.0151. The Balaban J connectivity index is 2.05. The number of benzene rings is 2. The molecule has 1 N–H and O–H groups in total. The quantitative estimate of drug-likeness (QED) is 0.825. The molecule has 0 atom stereocenters. The SMILES string of the molecule is C=C(CC(C)=O)[P+]1(O)N(c2ccccc2)CCN1c1ccccc1. The number of rotatable bonds is 5. The summed E-state index contributed by atoms with van der Waals surface area (Å²) in [6.07, 6.45) is 0.191. The van der Waals surface area contributed by atoms with Crippen LogP contribution in [0.3, 0.4) is 0 Å². The van der Waals surface area contributed by atoms with Gasteiger partial charge in [-0.2, -0.15) is 14.2 Å². The molecule has 0 aromatic heterocycles. The molecule has 3 rings (SSSR count). The number of hydrogen-bond acceptors (Lipinski definition) is 4. The summed E-state index contributed by atoms with van der Waals surface area (Å²) < 4.78 is 4.04. The van der Waals surface area contributed by atoms with Gasteiger partial charge in [0.1, 0.15) is 11.1 Å². The molecule has 1 aliphatic heterocycles. The second-order valence-electron chi connectivity index (χ2n) is 5.93. The molecule has 0 spiro atoms. The number of Topliss-reactive ketones (excluding diaryl/α,β-unsaturated/α-hetero) is 1. The van der Waals surface area contributed by atoms with E-state index in [4.69, 9.17) is 0 Å². The molecule has 1 fully saturated rings. The van der Waals surface area contributed by atoms with E-state index in [1.807, 2.05) is 70.0 Å². The lowest BCUT2D eigenvalue weighted by Gasteiger charge is -2.32. The number of nitrogens with zero attached hydrogens (tertiary/aromatic N) is 2. The van der Waals surface area contributed by atoms with E-state index in [0.717, 1.165) is 11.4 Å². The molecule has 1 aliphatic rings. The lowest BCUT2D eigenvalue weighted by atomic mass is 10.3. The van der Waals surface area contributed by atoms with E-state index in [1.165, 1.54) is 6.92 Å². The van der Waals surface area contributed by atoms with Crippen LogP contribution in [0.15, 0.2) is 72.6 Å². The van der Waals surface area contributed by atoms with Crippen LogP contribution in [0.4, 0.5) is 11.4 Å². The highest BCUT2D eigenvalue weighted by Gasteiger charge is 2.58. The fourth-order valence-electron chi connectivity index (χ4n) is 3.11. The van der Waals surface area contributed by atoms with Crippen LogP contribution >= 0.6 is 7.79 Å². The second-order valence-corrected chi connectivity index (χ2v) is 8.67. The molecule has 0 bridgehead atoms. The minimum atomic E-state index is -2.88. The van der Waals surface area contributed by atoms with E-state index in [9.17, 15) is 9.69 Å². The van der Waals surface area contributed by atoms with Crippen molar-refractivity contribution in [3.63, 3.8) is 0 Å². The average molecular weight is 341 g/mol. The topological polar surface area (TPSA) is 43.8 Å². The van der Waals surface area contributed by atoms with Gasteiger partial charge in [-0.1, -0.05) is 43.0 Å². The zero-order valence-corrected chi connectivity index (χ0v) is 14.7. The minimum Gasteiger partial charge on any atom is -0.300 e. The molecule has 4 nitrogen and oxygen atoms in total. The number of allylic oxidation sites excluding steroid dienone is 1. The summed E-state index contributed by atoms with van der Waals surface area (Å²) in [4.78, 5) is 23.4. The Labute approximate surface area is 143 Å². The second kappa shape index (κ2) is 6.76. The summed E-state index contributed by atoms with van der Waals surface area (Å²) in [5, 5.41) is 0.597. The molecule has 0 amide bonds. The van der Waals surface area contributed by atoms with Crippen LogP contribution in [0.25, 0.3) is 0 Å². The first-order chi connectivity index (χ1) is 11.5. The maximum atomic E-state index is 11.7. The monoisotopic (exact) mass is 341 g/mol. The Kier molecular flexibility index (Phi) is 4.70. The molecule has 124 valence electrons. The van der Waals surface area contributed by atoms with Gasteiger partial charge in [0, 0.05) is 0 Å². The zero-order valence-electron chi connectivity index (χ0n) is 13.8. The van der Waals surface area contributed by atoms with Gasteiger partial charge in [0.25, 0.3) is 0 Å². The van der Waals surface area contributed by atoms with Crippen molar-refractivity contribution in [2.24, 2.45) is 0 Å². The molecule has 0 saturated carbocycles. The molecule has 0 radical (unpaired) electrons. The van der Waals surface area contributed by atoms with Gasteiger partial charge < -0.3 is 0 Å². The summed E-state index contributed by atoms with van der Waals surface area (Å²) >= 11 is 0. The third-order valence-electron chi connectivity index (χ3n) is 4.18. The summed E-state index contributed by atoms with van der Waals surface area (Å²) in [6, 6.07) is 19.7. The van der Waals surface area contributed by atoms with Gasteiger partial charge in [-0.3, -0.25) is 4.79 Å². The maximum absolute atomic E-state index is 11.7. The first-order valence-electron chi connectivity index (χ1n) is 7.99. The van der Waals surface area contributed by atoms with Crippen LogP contribution in [-0.2, 0) is 4.79 Å². The third kappa shape index (κ3) is 2.95. The lowest BCUT2D eigenvalue weighted by Crippen LogP contribution is -2.26. The predicted octanol–water partition coefficient (Wildman–Crippen LogP) is 4.26. The van der Waals surface area contributed by atoms with E-state index in [-0.39, 0.29) is 12.2 Å². The Bertz CT molecular complexity index is 686. The number of anilines is 2. The van der Waals surface area contributed by atoms with E-state index in [2.05, 4.69) is 6.58 Å². The highest BCUT2D eigenvalue weighted by molar-refractivity contribution is 7.77. The molecule has 2 aromatic carbocycles.